The smallest absolute Gasteiger partial charge is 0.241 e. The number of nitrogens with zero attached hydrogens (tertiary/aromatic N) is 1. The van der Waals surface area contributed by atoms with Gasteiger partial charge in [-0.2, -0.15) is 0 Å². The molecule has 0 fully saturated rings. The summed E-state index contributed by atoms with van der Waals surface area (Å²) in [5.74, 6) is 0.0165. The Labute approximate surface area is 134 Å². The van der Waals surface area contributed by atoms with Crippen molar-refractivity contribution in [2.24, 2.45) is 0 Å². The Balaban J connectivity index is 2.44. The monoisotopic (exact) mass is 317 g/mol. The van der Waals surface area contributed by atoms with E-state index in [0.717, 1.165) is 0 Å². The molecule has 5 heteroatoms. The molecule has 0 atom stereocenters. The Morgan fingerprint density at radius 3 is 2.55 bits per heavy atom. The Bertz CT molecular complexity index is 700. The molecule has 0 heterocycles. The fourth-order valence-electron chi connectivity index (χ4n) is 2.10. The first-order valence-corrected chi connectivity index (χ1v) is 7.22. The molecule has 0 aliphatic carbocycles. The number of hydrogen-bond acceptors (Lipinski definition) is 3. The minimum atomic E-state index is -0.271. The molecule has 0 saturated heterocycles. The first kappa shape index (κ1) is 16.0. The number of anilines is 1. The molecule has 114 valence electrons. The van der Waals surface area contributed by atoms with Gasteiger partial charge in [0.05, 0.1) is 12.8 Å². The molecular formula is C17H16ClNO3. The van der Waals surface area contributed by atoms with Crippen LogP contribution in [0, 0.1) is 0 Å². The van der Waals surface area contributed by atoms with Crippen molar-refractivity contribution in [2.45, 2.75) is 0 Å². The third-order valence-corrected chi connectivity index (χ3v) is 3.56. The quantitative estimate of drug-likeness (QED) is 0.629. The van der Waals surface area contributed by atoms with Gasteiger partial charge < -0.3 is 9.64 Å². The number of hydrogen-bond donors (Lipinski definition) is 0. The number of carbonyl (C=O) groups is 2. The first-order valence-electron chi connectivity index (χ1n) is 6.68. The number of ketones is 1. The highest BCUT2D eigenvalue weighted by atomic mass is 35.5. The van der Waals surface area contributed by atoms with Crippen molar-refractivity contribution in [1.29, 1.82) is 0 Å². The first-order chi connectivity index (χ1) is 10.6. The number of methoxy groups -OCH3 is 1. The van der Waals surface area contributed by atoms with Gasteiger partial charge in [0.1, 0.15) is 11.6 Å². The van der Waals surface area contributed by atoms with Gasteiger partial charge in [0.15, 0.2) is 5.78 Å². The fraction of sp³-hybridized carbons (Fsp3) is 0.176. The molecule has 0 radical (unpaired) electrons. The van der Waals surface area contributed by atoms with Crippen LogP contribution in [0.4, 0.5) is 5.69 Å². The van der Waals surface area contributed by atoms with Gasteiger partial charge in [-0.3, -0.25) is 9.59 Å². The third-order valence-electron chi connectivity index (χ3n) is 3.33. The van der Waals surface area contributed by atoms with Gasteiger partial charge in [-0.25, -0.2) is 0 Å². The number of ether oxygens (including phenoxy) is 1. The topological polar surface area (TPSA) is 46.6 Å². The zero-order valence-corrected chi connectivity index (χ0v) is 13.1. The van der Waals surface area contributed by atoms with Crippen molar-refractivity contribution in [3.63, 3.8) is 0 Å². The predicted octanol–water partition coefficient (Wildman–Crippen LogP) is 3.13. The molecule has 1 amide bonds. The molecule has 4 nitrogen and oxygen atoms in total. The van der Waals surface area contributed by atoms with E-state index in [4.69, 9.17) is 16.3 Å². The van der Waals surface area contributed by atoms with Crippen LogP contribution in [0.15, 0.2) is 48.5 Å². The minimum absolute atomic E-state index is 0.141. The van der Waals surface area contributed by atoms with E-state index in [1.807, 2.05) is 0 Å². The fourth-order valence-corrected chi connectivity index (χ4v) is 2.28. The van der Waals surface area contributed by atoms with Crippen LogP contribution in [-0.4, -0.2) is 31.7 Å². The molecule has 0 aliphatic heterocycles. The molecule has 0 spiro atoms. The minimum Gasteiger partial charge on any atom is -0.497 e. The average Bonchev–Trinajstić information content (AvgIpc) is 2.59. The molecular weight excluding hydrogens is 302 g/mol. The van der Waals surface area contributed by atoms with E-state index < -0.39 is 0 Å². The van der Waals surface area contributed by atoms with Gasteiger partial charge in [-0.05, 0) is 24.3 Å². The van der Waals surface area contributed by atoms with E-state index in [9.17, 15) is 9.59 Å². The highest BCUT2D eigenvalue weighted by Crippen LogP contribution is 2.24. The lowest BCUT2D eigenvalue weighted by Gasteiger charge is -2.19. The van der Waals surface area contributed by atoms with Gasteiger partial charge >= 0.3 is 0 Å². The van der Waals surface area contributed by atoms with Crippen LogP contribution in [0.2, 0.25) is 0 Å². The standard InChI is InChI=1S/C17H16ClNO3/c1-19(16(20)11-18)15-9-4-3-8-14(15)17(21)12-6-5-7-13(10-12)22-2/h3-10H,11H2,1-2H3. The van der Waals surface area contributed by atoms with Crippen LogP contribution in [0.5, 0.6) is 5.75 Å². The zero-order chi connectivity index (χ0) is 16.1. The molecule has 22 heavy (non-hydrogen) atoms. The number of rotatable bonds is 5. The Morgan fingerprint density at radius 1 is 1.14 bits per heavy atom. The second-order valence-electron chi connectivity index (χ2n) is 4.66. The average molecular weight is 318 g/mol. The molecule has 0 bridgehead atoms. The molecule has 0 aromatic heterocycles. The van der Waals surface area contributed by atoms with Crippen molar-refractivity contribution in [3.8, 4) is 5.75 Å². The van der Waals surface area contributed by atoms with Crippen LogP contribution < -0.4 is 9.64 Å². The molecule has 2 aromatic carbocycles. The van der Waals surface area contributed by atoms with E-state index in [0.29, 0.717) is 22.6 Å². The normalized spacial score (nSPS) is 10.1. The van der Waals surface area contributed by atoms with E-state index in [2.05, 4.69) is 0 Å². The van der Waals surface area contributed by atoms with E-state index >= 15 is 0 Å². The Morgan fingerprint density at radius 2 is 1.86 bits per heavy atom. The summed E-state index contributed by atoms with van der Waals surface area (Å²) in [4.78, 5) is 25.9. The summed E-state index contributed by atoms with van der Waals surface area (Å²) in [6.07, 6.45) is 0. The zero-order valence-electron chi connectivity index (χ0n) is 12.4. The van der Waals surface area contributed by atoms with Crippen LogP contribution in [-0.2, 0) is 4.79 Å². The van der Waals surface area contributed by atoms with Gasteiger partial charge in [0.25, 0.3) is 0 Å². The predicted molar refractivity (Wildman–Crippen MR) is 87.0 cm³/mol. The van der Waals surface area contributed by atoms with Crippen LogP contribution >= 0.6 is 11.6 Å². The molecule has 2 aromatic rings. The maximum absolute atomic E-state index is 12.7. The van der Waals surface area contributed by atoms with Gasteiger partial charge in [-0.1, -0.05) is 24.3 Å². The maximum Gasteiger partial charge on any atom is 0.241 e. The molecule has 0 saturated carbocycles. The molecule has 0 aliphatic rings. The van der Waals surface area contributed by atoms with Crippen molar-refractivity contribution in [3.05, 3.63) is 59.7 Å². The summed E-state index contributed by atoms with van der Waals surface area (Å²) >= 11 is 5.59. The number of halogens is 1. The molecule has 0 unspecified atom stereocenters. The molecule has 2 rings (SSSR count). The third kappa shape index (κ3) is 3.28. The molecule has 0 N–H and O–H groups in total. The highest BCUT2D eigenvalue weighted by Gasteiger charge is 2.19. The number of carbonyl (C=O) groups excluding carboxylic acids is 2. The van der Waals surface area contributed by atoms with E-state index in [1.54, 1.807) is 62.7 Å². The lowest BCUT2D eigenvalue weighted by Crippen LogP contribution is -2.28. The van der Waals surface area contributed by atoms with Crippen molar-refractivity contribution in [2.75, 3.05) is 24.9 Å². The number of benzene rings is 2. The van der Waals surface area contributed by atoms with Crippen molar-refractivity contribution >= 4 is 29.0 Å². The summed E-state index contributed by atoms with van der Waals surface area (Å²) in [6.45, 7) is 0. The largest absolute Gasteiger partial charge is 0.497 e. The lowest BCUT2D eigenvalue weighted by atomic mass is 10.0. The second-order valence-corrected chi connectivity index (χ2v) is 4.93. The van der Waals surface area contributed by atoms with Crippen LogP contribution in [0.1, 0.15) is 15.9 Å². The van der Waals surface area contributed by atoms with E-state index in [1.165, 1.54) is 4.90 Å². The second kappa shape index (κ2) is 7.09. The van der Waals surface area contributed by atoms with Crippen LogP contribution in [0.3, 0.4) is 0 Å². The number of alkyl halides is 1. The SMILES string of the molecule is COc1cccc(C(=O)c2ccccc2N(C)C(=O)CCl)c1. The Kier molecular flexibility index (Phi) is 5.17. The Hall–Kier alpha value is -2.33. The lowest BCUT2D eigenvalue weighted by molar-refractivity contribution is -0.116. The van der Waals surface area contributed by atoms with Gasteiger partial charge in [0.2, 0.25) is 5.91 Å². The van der Waals surface area contributed by atoms with Crippen LogP contribution in [0.25, 0.3) is 0 Å². The summed E-state index contributed by atoms with van der Waals surface area (Å²) in [6, 6.07) is 13.8. The van der Waals surface area contributed by atoms with Crippen molar-refractivity contribution < 1.29 is 14.3 Å². The van der Waals surface area contributed by atoms with Crippen molar-refractivity contribution in [1.82, 2.24) is 0 Å². The van der Waals surface area contributed by atoms with Gasteiger partial charge in [-0.15, -0.1) is 11.6 Å². The van der Waals surface area contributed by atoms with Gasteiger partial charge in [0, 0.05) is 18.2 Å². The summed E-state index contributed by atoms with van der Waals surface area (Å²) < 4.78 is 5.14. The summed E-state index contributed by atoms with van der Waals surface area (Å²) in [5.41, 5.74) is 1.47. The highest BCUT2D eigenvalue weighted by molar-refractivity contribution is 6.29. The maximum atomic E-state index is 12.7. The summed E-state index contributed by atoms with van der Waals surface area (Å²) in [7, 11) is 3.15. The van der Waals surface area contributed by atoms with E-state index in [-0.39, 0.29) is 17.6 Å². The number of amides is 1. The summed E-state index contributed by atoms with van der Waals surface area (Å²) in [5, 5.41) is 0. The number of para-hydroxylation sites is 1.